The lowest BCUT2D eigenvalue weighted by Gasteiger charge is -2.19. The number of carbonyl (C=O) groups is 1. The maximum Gasteiger partial charge on any atom is 0.347 e. The van der Waals surface area contributed by atoms with E-state index in [1.54, 1.807) is 0 Å². The third kappa shape index (κ3) is 4.07. The molecule has 18 heavy (non-hydrogen) atoms. The van der Waals surface area contributed by atoms with Gasteiger partial charge in [0, 0.05) is 0 Å². The molecule has 1 heterocycles. The van der Waals surface area contributed by atoms with Crippen LogP contribution in [0.1, 0.15) is 54.0 Å². The number of hydrogen-bond acceptors (Lipinski definition) is 4. The highest BCUT2D eigenvalue weighted by Gasteiger charge is 2.17. The van der Waals surface area contributed by atoms with E-state index >= 15 is 0 Å². The molecule has 102 valence electrons. The molecule has 1 aromatic heterocycles. The van der Waals surface area contributed by atoms with E-state index in [1.165, 1.54) is 11.3 Å². The van der Waals surface area contributed by atoms with Crippen LogP contribution >= 0.6 is 11.3 Å². The average molecular weight is 270 g/mol. The molecule has 0 aliphatic rings. The zero-order valence-corrected chi connectivity index (χ0v) is 12.2. The number of hydrogen-bond donors (Lipinski definition) is 1. The second-order valence-corrected chi connectivity index (χ2v) is 5.40. The third-order valence-electron chi connectivity index (χ3n) is 2.71. The molecule has 5 heteroatoms. The first-order chi connectivity index (χ1) is 8.62. The van der Waals surface area contributed by atoms with Crippen molar-refractivity contribution in [1.29, 1.82) is 0 Å². The molecule has 0 saturated carbocycles. The van der Waals surface area contributed by atoms with Crippen molar-refractivity contribution in [2.24, 2.45) is 0 Å². The Hall–Kier alpha value is -0.940. The van der Waals surface area contributed by atoms with Crippen molar-refractivity contribution in [2.45, 2.75) is 46.6 Å². The molecule has 0 aliphatic carbocycles. The largest absolute Gasteiger partial charge is 0.477 e. The molecule has 1 rings (SSSR count). The van der Waals surface area contributed by atoms with E-state index in [0.717, 1.165) is 43.2 Å². The van der Waals surface area contributed by atoms with Crippen molar-refractivity contribution >= 4 is 17.3 Å². The summed E-state index contributed by atoms with van der Waals surface area (Å²) in [5.41, 5.74) is 0.718. The highest BCUT2D eigenvalue weighted by atomic mass is 32.1. The van der Waals surface area contributed by atoms with Crippen LogP contribution in [-0.4, -0.2) is 34.0 Å². The number of rotatable bonds is 8. The fraction of sp³-hybridized carbons (Fsp3) is 0.692. The minimum Gasteiger partial charge on any atom is -0.477 e. The van der Waals surface area contributed by atoms with Crippen molar-refractivity contribution in [3.05, 3.63) is 15.6 Å². The highest BCUT2D eigenvalue weighted by Crippen LogP contribution is 2.21. The first kappa shape index (κ1) is 15.1. The van der Waals surface area contributed by atoms with E-state index in [9.17, 15) is 4.79 Å². The fourth-order valence-corrected chi connectivity index (χ4v) is 3.00. The molecule has 0 aliphatic heterocycles. The number of thiazole rings is 1. The van der Waals surface area contributed by atoms with Crippen molar-refractivity contribution in [3.8, 4) is 0 Å². The van der Waals surface area contributed by atoms with Gasteiger partial charge in [-0.25, -0.2) is 9.78 Å². The summed E-state index contributed by atoms with van der Waals surface area (Å²) in [4.78, 5) is 18.3. The molecular weight excluding hydrogens is 248 g/mol. The summed E-state index contributed by atoms with van der Waals surface area (Å²) in [6.07, 6.45) is 2.90. The van der Waals surface area contributed by atoms with E-state index in [4.69, 9.17) is 5.11 Å². The minimum absolute atomic E-state index is 0.403. The van der Waals surface area contributed by atoms with Gasteiger partial charge in [-0.2, -0.15) is 0 Å². The monoisotopic (exact) mass is 270 g/mol. The van der Waals surface area contributed by atoms with Gasteiger partial charge in [0.2, 0.25) is 0 Å². The lowest BCUT2D eigenvalue weighted by molar-refractivity contribution is 0.0701. The van der Waals surface area contributed by atoms with Gasteiger partial charge in [0.1, 0.15) is 9.88 Å². The molecule has 4 nitrogen and oxygen atoms in total. The van der Waals surface area contributed by atoms with Crippen molar-refractivity contribution in [1.82, 2.24) is 9.88 Å². The number of nitrogens with zero attached hydrogens (tertiary/aromatic N) is 2. The second kappa shape index (κ2) is 7.48. The molecule has 1 aromatic rings. The summed E-state index contributed by atoms with van der Waals surface area (Å²) < 4.78 is 0. The lowest BCUT2D eigenvalue weighted by atomic mass is 10.3. The molecule has 0 aromatic carbocycles. The molecule has 0 radical (unpaired) electrons. The second-order valence-electron chi connectivity index (χ2n) is 4.32. The SMILES string of the molecule is CCCN(CCC)Cc1nc(CC)c(C(=O)O)s1. The molecule has 0 atom stereocenters. The minimum atomic E-state index is -0.854. The Labute approximate surface area is 113 Å². The maximum atomic E-state index is 11.1. The summed E-state index contributed by atoms with van der Waals surface area (Å²) in [7, 11) is 0. The van der Waals surface area contributed by atoms with E-state index in [0.29, 0.717) is 11.3 Å². The van der Waals surface area contributed by atoms with Crippen LogP contribution in [0.3, 0.4) is 0 Å². The number of aryl methyl sites for hydroxylation is 1. The number of aromatic nitrogens is 1. The van der Waals surface area contributed by atoms with Crippen LogP contribution in [0.5, 0.6) is 0 Å². The molecule has 0 spiro atoms. The zero-order valence-electron chi connectivity index (χ0n) is 11.4. The smallest absolute Gasteiger partial charge is 0.347 e. The Morgan fingerprint density at radius 3 is 2.28 bits per heavy atom. The molecule has 0 unspecified atom stereocenters. The number of aromatic carboxylic acids is 1. The van der Waals surface area contributed by atoms with Gasteiger partial charge in [0.05, 0.1) is 12.2 Å². The molecule has 1 N–H and O–H groups in total. The van der Waals surface area contributed by atoms with Gasteiger partial charge in [-0.3, -0.25) is 4.90 Å². The van der Waals surface area contributed by atoms with Crippen LogP contribution < -0.4 is 0 Å². The van der Waals surface area contributed by atoms with Crippen molar-refractivity contribution in [2.75, 3.05) is 13.1 Å². The van der Waals surface area contributed by atoms with Crippen LogP contribution in [-0.2, 0) is 13.0 Å². The van der Waals surface area contributed by atoms with Crippen LogP contribution in [0.2, 0.25) is 0 Å². The number of carboxylic acids is 1. The first-order valence-corrected chi connectivity index (χ1v) is 7.38. The Bertz CT molecular complexity index is 384. The lowest BCUT2D eigenvalue weighted by Crippen LogP contribution is -2.24. The van der Waals surface area contributed by atoms with E-state index in [2.05, 4.69) is 23.7 Å². The van der Waals surface area contributed by atoms with Gasteiger partial charge in [-0.15, -0.1) is 11.3 Å². The van der Waals surface area contributed by atoms with Crippen LogP contribution in [0, 0.1) is 0 Å². The molecule has 0 saturated heterocycles. The van der Waals surface area contributed by atoms with Crippen LogP contribution in [0.25, 0.3) is 0 Å². The van der Waals surface area contributed by atoms with Gasteiger partial charge in [0.15, 0.2) is 0 Å². The third-order valence-corrected chi connectivity index (χ3v) is 3.78. The molecular formula is C13H22N2O2S. The Balaban J connectivity index is 2.79. The standard InChI is InChI=1S/C13H22N2O2S/c1-4-7-15(8-5-2)9-11-14-10(6-3)12(18-11)13(16)17/h4-9H2,1-3H3,(H,16,17). The van der Waals surface area contributed by atoms with Crippen molar-refractivity contribution in [3.63, 3.8) is 0 Å². The summed E-state index contributed by atoms with van der Waals surface area (Å²) in [6, 6.07) is 0. The van der Waals surface area contributed by atoms with Gasteiger partial charge in [0.25, 0.3) is 0 Å². The van der Waals surface area contributed by atoms with Gasteiger partial charge in [-0.05, 0) is 32.4 Å². The normalized spacial score (nSPS) is 11.1. The quantitative estimate of drug-likeness (QED) is 0.789. The topological polar surface area (TPSA) is 53.4 Å². The van der Waals surface area contributed by atoms with Crippen LogP contribution in [0.15, 0.2) is 0 Å². The summed E-state index contributed by atoms with van der Waals surface area (Å²) in [5, 5.41) is 10.0. The first-order valence-electron chi connectivity index (χ1n) is 6.56. The average Bonchev–Trinajstić information content (AvgIpc) is 2.73. The Morgan fingerprint density at radius 1 is 1.28 bits per heavy atom. The summed E-state index contributed by atoms with van der Waals surface area (Å²) >= 11 is 1.32. The van der Waals surface area contributed by atoms with E-state index in [1.807, 2.05) is 6.92 Å². The van der Waals surface area contributed by atoms with Gasteiger partial charge >= 0.3 is 5.97 Å². The zero-order chi connectivity index (χ0) is 13.5. The molecule has 0 bridgehead atoms. The summed E-state index contributed by atoms with van der Waals surface area (Å²) in [5.74, 6) is -0.854. The predicted octanol–water partition coefficient (Wildman–Crippen LogP) is 3.03. The van der Waals surface area contributed by atoms with Crippen LogP contribution in [0.4, 0.5) is 0 Å². The summed E-state index contributed by atoms with van der Waals surface area (Å²) in [6.45, 7) is 9.11. The Morgan fingerprint density at radius 2 is 1.89 bits per heavy atom. The van der Waals surface area contributed by atoms with Gasteiger partial charge in [-0.1, -0.05) is 20.8 Å². The molecule has 0 amide bonds. The van der Waals surface area contributed by atoms with Crippen molar-refractivity contribution < 1.29 is 9.90 Å². The highest BCUT2D eigenvalue weighted by molar-refractivity contribution is 7.13. The fourth-order valence-electron chi connectivity index (χ4n) is 1.97. The molecule has 0 fully saturated rings. The predicted molar refractivity (Wildman–Crippen MR) is 74.3 cm³/mol. The number of carboxylic acid groups (broad SMARTS) is 1. The van der Waals surface area contributed by atoms with E-state index in [-0.39, 0.29) is 0 Å². The van der Waals surface area contributed by atoms with Gasteiger partial charge < -0.3 is 5.11 Å². The Kier molecular flexibility index (Phi) is 6.29. The maximum absolute atomic E-state index is 11.1. The van der Waals surface area contributed by atoms with E-state index < -0.39 is 5.97 Å².